The molecule has 2 amide bonds. The van der Waals surface area contributed by atoms with Crippen molar-refractivity contribution in [3.63, 3.8) is 0 Å². The summed E-state index contributed by atoms with van der Waals surface area (Å²) in [6.45, 7) is 6.48. The first kappa shape index (κ1) is 16.4. The number of piperazine rings is 1. The quantitative estimate of drug-likeness (QED) is 0.928. The lowest BCUT2D eigenvalue weighted by Crippen LogP contribution is -2.48. The molecule has 0 saturated carbocycles. The first-order valence-corrected chi connectivity index (χ1v) is 8.74. The van der Waals surface area contributed by atoms with Gasteiger partial charge in [0.2, 0.25) is 5.91 Å². The number of amides is 2. The van der Waals surface area contributed by atoms with Gasteiger partial charge in [-0.2, -0.15) is 0 Å². The zero-order chi connectivity index (χ0) is 17.1. The summed E-state index contributed by atoms with van der Waals surface area (Å²) in [6, 6.07) is 7.81. The van der Waals surface area contributed by atoms with Gasteiger partial charge in [0, 0.05) is 44.5 Å². The van der Waals surface area contributed by atoms with Crippen LogP contribution in [0.2, 0.25) is 0 Å². The maximum atomic E-state index is 12.3. The van der Waals surface area contributed by atoms with Gasteiger partial charge in [-0.25, -0.2) is 4.98 Å². The van der Waals surface area contributed by atoms with Crippen LogP contribution in [0.4, 0.5) is 11.4 Å². The SMILES string of the molecule is CC(=O)N1CCN(c2cccc(NC(=O)c3scnc3C)c2)CC1. The highest BCUT2D eigenvalue weighted by Crippen LogP contribution is 2.22. The topological polar surface area (TPSA) is 65.5 Å². The highest BCUT2D eigenvalue weighted by atomic mass is 32.1. The Kier molecular flexibility index (Phi) is 4.80. The Morgan fingerprint density at radius 1 is 1.21 bits per heavy atom. The number of nitrogens with zero attached hydrogens (tertiary/aromatic N) is 3. The molecule has 3 rings (SSSR count). The minimum atomic E-state index is -0.131. The molecule has 2 heterocycles. The van der Waals surface area contributed by atoms with Crippen molar-refractivity contribution in [1.29, 1.82) is 0 Å². The highest BCUT2D eigenvalue weighted by molar-refractivity contribution is 7.12. The number of hydrogen-bond donors (Lipinski definition) is 1. The summed E-state index contributed by atoms with van der Waals surface area (Å²) in [5.74, 6) is -0.0101. The number of aryl methyl sites for hydroxylation is 1. The lowest BCUT2D eigenvalue weighted by atomic mass is 10.2. The van der Waals surface area contributed by atoms with E-state index in [0.29, 0.717) is 4.88 Å². The molecule has 1 aliphatic heterocycles. The fourth-order valence-electron chi connectivity index (χ4n) is 2.77. The Bertz CT molecular complexity index is 751. The van der Waals surface area contributed by atoms with Crippen LogP contribution in [0.1, 0.15) is 22.3 Å². The minimum Gasteiger partial charge on any atom is -0.368 e. The van der Waals surface area contributed by atoms with Crippen LogP contribution in [0.3, 0.4) is 0 Å². The molecule has 0 unspecified atom stereocenters. The number of hydrogen-bond acceptors (Lipinski definition) is 5. The van der Waals surface area contributed by atoms with Crippen LogP contribution >= 0.6 is 11.3 Å². The van der Waals surface area contributed by atoms with Gasteiger partial charge in [-0.3, -0.25) is 9.59 Å². The highest BCUT2D eigenvalue weighted by Gasteiger charge is 2.19. The van der Waals surface area contributed by atoms with Crippen molar-refractivity contribution in [1.82, 2.24) is 9.88 Å². The molecule has 1 fully saturated rings. The second kappa shape index (κ2) is 7.00. The Hall–Kier alpha value is -2.41. The Morgan fingerprint density at radius 3 is 2.58 bits per heavy atom. The van der Waals surface area contributed by atoms with Gasteiger partial charge in [-0.15, -0.1) is 11.3 Å². The molecule has 1 aromatic heterocycles. The monoisotopic (exact) mass is 344 g/mol. The van der Waals surface area contributed by atoms with Crippen LogP contribution in [0.15, 0.2) is 29.8 Å². The normalized spacial score (nSPS) is 14.6. The van der Waals surface area contributed by atoms with Gasteiger partial charge in [0.25, 0.3) is 5.91 Å². The zero-order valence-corrected chi connectivity index (χ0v) is 14.6. The summed E-state index contributed by atoms with van der Waals surface area (Å²) in [7, 11) is 0. The zero-order valence-electron chi connectivity index (χ0n) is 13.8. The third-order valence-electron chi connectivity index (χ3n) is 4.15. The van der Waals surface area contributed by atoms with E-state index in [1.54, 1.807) is 12.4 Å². The van der Waals surface area contributed by atoms with Gasteiger partial charge in [-0.1, -0.05) is 6.07 Å². The van der Waals surface area contributed by atoms with Crippen molar-refractivity contribution in [2.75, 3.05) is 36.4 Å². The molecule has 1 saturated heterocycles. The van der Waals surface area contributed by atoms with E-state index < -0.39 is 0 Å². The van der Waals surface area contributed by atoms with Crippen molar-refractivity contribution in [2.45, 2.75) is 13.8 Å². The fraction of sp³-hybridized carbons (Fsp3) is 0.353. The molecule has 0 atom stereocenters. The second-order valence-electron chi connectivity index (χ2n) is 5.76. The third-order valence-corrected chi connectivity index (χ3v) is 5.07. The first-order chi connectivity index (χ1) is 11.5. The van der Waals surface area contributed by atoms with E-state index in [2.05, 4.69) is 15.2 Å². The lowest BCUT2D eigenvalue weighted by molar-refractivity contribution is -0.129. The maximum absolute atomic E-state index is 12.3. The molecule has 7 heteroatoms. The van der Waals surface area contributed by atoms with Crippen LogP contribution in [0.25, 0.3) is 0 Å². The summed E-state index contributed by atoms with van der Waals surface area (Å²) in [6.07, 6.45) is 0. The molecule has 0 spiro atoms. The number of anilines is 2. The average Bonchev–Trinajstić information content (AvgIpc) is 3.01. The van der Waals surface area contributed by atoms with E-state index >= 15 is 0 Å². The van der Waals surface area contributed by atoms with Gasteiger partial charge < -0.3 is 15.1 Å². The molecular formula is C17H20N4O2S. The molecule has 1 aromatic carbocycles. The molecule has 1 aliphatic rings. The smallest absolute Gasteiger partial charge is 0.267 e. The van der Waals surface area contributed by atoms with Crippen molar-refractivity contribution < 1.29 is 9.59 Å². The Labute approximate surface area is 145 Å². The van der Waals surface area contributed by atoms with E-state index in [4.69, 9.17) is 0 Å². The summed E-state index contributed by atoms with van der Waals surface area (Å²) in [5.41, 5.74) is 4.24. The van der Waals surface area contributed by atoms with E-state index in [1.807, 2.05) is 36.1 Å². The van der Waals surface area contributed by atoms with Crippen LogP contribution in [0.5, 0.6) is 0 Å². The van der Waals surface area contributed by atoms with E-state index in [0.717, 1.165) is 43.2 Å². The Morgan fingerprint density at radius 2 is 1.96 bits per heavy atom. The number of nitrogens with one attached hydrogen (secondary N) is 1. The number of thiazole rings is 1. The maximum Gasteiger partial charge on any atom is 0.267 e. The number of carbonyl (C=O) groups is 2. The van der Waals surface area contributed by atoms with Crippen LogP contribution in [0, 0.1) is 6.92 Å². The molecule has 24 heavy (non-hydrogen) atoms. The summed E-state index contributed by atoms with van der Waals surface area (Å²) in [4.78, 5) is 32.5. The first-order valence-electron chi connectivity index (χ1n) is 7.86. The molecule has 6 nitrogen and oxygen atoms in total. The van der Waals surface area contributed by atoms with Crippen LogP contribution in [-0.2, 0) is 4.79 Å². The predicted octanol–water partition coefficient (Wildman–Crippen LogP) is 2.37. The molecule has 1 N–H and O–H groups in total. The number of rotatable bonds is 3. The van der Waals surface area contributed by atoms with Gasteiger partial charge in [0.15, 0.2) is 0 Å². The van der Waals surface area contributed by atoms with E-state index in [-0.39, 0.29) is 11.8 Å². The standard InChI is InChI=1S/C17H20N4O2S/c1-12-16(24-11-18-12)17(23)19-14-4-3-5-15(10-14)21-8-6-20(7-9-21)13(2)22/h3-5,10-11H,6-9H2,1-2H3,(H,19,23). The van der Waals surface area contributed by atoms with Crippen LogP contribution in [-0.4, -0.2) is 47.9 Å². The average molecular weight is 344 g/mol. The molecule has 0 bridgehead atoms. The predicted molar refractivity (Wildman–Crippen MR) is 95.7 cm³/mol. The van der Waals surface area contributed by atoms with Crippen molar-refractivity contribution in [3.05, 3.63) is 40.3 Å². The van der Waals surface area contributed by atoms with Gasteiger partial charge in [0.05, 0.1) is 11.2 Å². The molecular weight excluding hydrogens is 324 g/mol. The second-order valence-corrected chi connectivity index (χ2v) is 6.62. The van der Waals surface area contributed by atoms with E-state index in [9.17, 15) is 9.59 Å². The van der Waals surface area contributed by atoms with Crippen molar-refractivity contribution in [2.24, 2.45) is 0 Å². The number of aromatic nitrogens is 1. The molecule has 126 valence electrons. The number of carbonyl (C=O) groups excluding carboxylic acids is 2. The summed E-state index contributed by atoms with van der Waals surface area (Å²) in [5, 5.41) is 2.93. The third kappa shape index (κ3) is 3.56. The van der Waals surface area contributed by atoms with E-state index in [1.165, 1.54) is 11.3 Å². The Balaban J connectivity index is 1.68. The molecule has 0 aliphatic carbocycles. The minimum absolute atomic E-state index is 0.121. The molecule has 2 aromatic rings. The van der Waals surface area contributed by atoms with Gasteiger partial charge in [0.1, 0.15) is 4.88 Å². The lowest BCUT2D eigenvalue weighted by Gasteiger charge is -2.35. The van der Waals surface area contributed by atoms with Crippen molar-refractivity contribution >= 4 is 34.5 Å². The summed E-state index contributed by atoms with van der Waals surface area (Å²) < 4.78 is 0. The summed E-state index contributed by atoms with van der Waals surface area (Å²) >= 11 is 1.34. The van der Waals surface area contributed by atoms with Crippen LogP contribution < -0.4 is 10.2 Å². The molecule has 0 radical (unpaired) electrons. The number of benzene rings is 1. The van der Waals surface area contributed by atoms with Crippen molar-refractivity contribution in [3.8, 4) is 0 Å². The fourth-order valence-corrected chi connectivity index (χ4v) is 3.47. The largest absolute Gasteiger partial charge is 0.368 e. The van der Waals surface area contributed by atoms with Gasteiger partial charge in [-0.05, 0) is 25.1 Å². The van der Waals surface area contributed by atoms with Gasteiger partial charge >= 0.3 is 0 Å².